The van der Waals surface area contributed by atoms with E-state index < -0.39 is 14.3 Å². The molecule has 0 N–H and O–H groups in total. The zero-order chi connectivity index (χ0) is 13.2. The van der Waals surface area contributed by atoms with E-state index in [1.54, 1.807) is 0 Å². The van der Waals surface area contributed by atoms with Crippen molar-refractivity contribution in [3.8, 4) is 5.75 Å². The smallest absolute Gasteiger partial charge is 0.337 e. The second-order valence-electron chi connectivity index (χ2n) is 4.48. The van der Waals surface area contributed by atoms with Crippen LogP contribution in [0.5, 0.6) is 5.75 Å². The van der Waals surface area contributed by atoms with Gasteiger partial charge in [0.15, 0.2) is 0 Å². The molecule has 0 aromatic heterocycles. The molecule has 0 radical (unpaired) electrons. The number of halogens is 2. The Balaban J connectivity index is 3.15. The number of benzene rings is 1. The van der Waals surface area contributed by atoms with Crippen molar-refractivity contribution in [2.75, 3.05) is 7.11 Å². The summed E-state index contributed by atoms with van der Waals surface area (Å²) >= 11 is 12.1. The van der Waals surface area contributed by atoms with Gasteiger partial charge in [-0.25, -0.2) is 4.79 Å². The lowest BCUT2D eigenvalue weighted by molar-refractivity contribution is 0.0600. The van der Waals surface area contributed by atoms with E-state index in [-0.39, 0.29) is 0 Å². The molecule has 0 heterocycles. The maximum atomic E-state index is 11.3. The molecule has 3 nitrogen and oxygen atoms in total. The third-order valence-corrected chi connectivity index (χ3v) is 3.21. The van der Waals surface area contributed by atoms with E-state index in [1.165, 1.54) is 19.2 Å². The van der Waals surface area contributed by atoms with E-state index in [2.05, 4.69) is 4.74 Å². The van der Waals surface area contributed by atoms with Gasteiger partial charge in [0.05, 0.1) is 22.7 Å². The van der Waals surface area contributed by atoms with Gasteiger partial charge >= 0.3 is 5.97 Å². The molecule has 94 valence electrons. The second kappa shape index (κ2) is 5.29. The minimum Gasteiger partial charge on any atom is -0.542 e. The van der Waals surface area contributed by atoms with Crippen molar-refractivity contribution in [1.82, 2.24) is 0 Å². The third-order valence-electron chi connectivity index (χ3n) is 1.83. The highest BCUT2D eigenvalue weighted by atomic mass is 35.5. The number of hydrogen-bond donors (Lipinski definition) is 0. The minimum absolute atomic E-state index is 0.311. The van der Waals surface area contributed by atoms with Gasteiger partial charge in [-0.2, -0.15) is 0 Å². The van der Waals surface area contributed by atoms with Gasteiger partial charge in [0, 0.05) is 0 Å². The molecule has 0 bridgehead atoms. The molecule has 0 unspecified atom stereocenters. The Morgan fingerprint density at radius 1 is 1.18 bits per heavy atom. The Kier molecular flexibility index (Phi) is 4.46. The largest absolute Gasteiger partial charge is 0.542 e. The van der Waals surface area contributed by atoms with Crippen molar-refractivity contribution in [2.45, 2.75) is 19.6 Å². The first-order valence-electron chi connectivity index (χ1n) is 5.01. The van der Waals surface area contributed by atoms with Gasteiger partial charge in [-0.05, 0) is 31.8 Å². The van der Waals surface area contributed by atoms with Crippen LogP contribution in [-0.4, -0.2) is 21.4 Å². The third kappa shape index (κ3) is 3.91. The zero-order valence-corrected chi connectivity index (χ0v) is 12.6. The van der Waals surface area contributed by atoms with Crippen molar-refractivity contribution in [2.24, 2.45) is 0 Å². The Bertz CT molecular complexity index is 418. The van der Waals surface area contributed by atoms with E-state index in [4.69, 9.17) is 27.6 Å². The quantitative estimate of drug-likeness (QED) is 0.624. The number of ether oxygens (including phenoxy) is 1. The van der Waals surface area contributed by atoms with Crippen LogP contribution in [0.15, 0.2) is 12.1 Å². The highest BCUT2D eigenvalue weighted by molar-refractivity contribution is 6.70. The molecule has 1 aromatic carbocycles. The van der Waals surface area contributed by atoms with Gasteiger partial charge in [0.2, 0.25) is 8.32 Å². The monoisotopic (exact) mass is 292 g/mol. The van der Waals surface area contributed by atoms with Crippen LogP contribution in [0.25, 0.3) is 0 Å². The van der Waals surface area contributed by atoms with E-state index >= 15 is 0 Å². The summed E-state index contributed by atoms with van der Waals surface area (Å²) in [6.45, 7) is 6.07. The maximum Gasteiger partial charge on any atom is 0.337 e. The second-order valence-corrected chi connectivity index (χ2v) is 9.72. The number of carbonyl (C=O) groups is 1. The summed E-state index contributed by atoms with van der Waals surface area (Å²) in [6, 6.07) is 2.99. The van der Waals surface area contributed by atoms with Gasteiger partial charge in [-0.15, -0.1) is 0 Å². The van der Waals surface area contributed by atoms with Crippen LogP contribution in [0.3, 0.4) is 0 Å². The zero-order valence-electron chi connectivity index (χ0n) is 10.1. The Hall–Kier alpha value is -0.713. The average Bonchev–Trinajstić information content (AvgIpc) is 2.20. The number of methoxy groups -OCH3 is 1. The van der Waals surface area contributed by atoms with Gasteiger partial charge in [-0.1, -0.05) is 23.2 Å². The summed E-state index contributed by atoms with van der Waals surface area (Å²) in [7, 11) is -0.497. The molecule has 0 fully saturated rings. The standard InChI is InChI=1S/C11H14Cl2O3Si/c1-15-11(14)7-5-8(12)10(9(13)6-7)16-17(2,3)4/h5-6H,1-4H3. The predicted molar refractivity (Wildman–Crippen MR) is 71.8 cm³/mol. The molecule has 0 saturated carbocycles. The topological polar surface area (TPSA) is 35.5 Å². The van der Waals surface area contributed by atoms with Crippen LogP contribution in [0.1, 0.15) is 10.4 Å². The van der Waals surface area contributed by atoms with E-state index in [9.17, 15) is 4.79 Å². The van der Waals surface area contributed by atoms with Crippen molar-refractivity contribution >= 4 is 37.5 Å². The van der Waals surface area contributed by atoms with E-state index in [1.807, 2.05) is 19.6 Å². The van der Waals surface area contributed by atoms with E-state index in [0.29, 0.717) is 21.4 Å². The fourth-order valence-corrected chi connectivity index (χ4v) is 2.73. The minimum atomic E-state index is -1.80. The van der Waals surface area contributed by atoms with Crippen LogP contribution in [0.2, 0.25) is 29.7 Å². The highest BCUT2D eigenvalue weighted by Gasteiger charge is 2.21. The number of carbonyl (C=O) groups excluding carboxylic acids is 1. The summed E-state index contributed by atoms with van der Waals surface area (Å²) in [6.07, 6.45) is 0. The molecule has 17 heavy (non-hydrogen) atoms. The lowest BCUT2D eigenvalue weighted by Crippen LogP contribution is -2.29. The summed E-state index contributed by atoms with van der Waals surface area (Å²) in [4.78, 5) is 11.3. The first-order valence-corrected chi connectivity index (χ1v) is 9.17. The van der Waals surface area contributed by atoms with Gasteiger partial charge in [0.25, 0.3) is 0 Å². The van der Waals surface area contributed by atoms with E-state index in [0.717, 1.165) is 0 Å². The summed E-state index contributed by atoms with van der Waals surface area (Å²) in [5.41, 5.74) is 0.311. The molecule has 6 heteroatoms. The predicted octanol–water partition coefficient (Wildman–Crippen LogP) is 3.99. The molecule has 0 amide bonds. The van der Waals surface area contributed by atoms with Crippen molar-refractivity contribution in [3.05, 3.63) is 27.7 Å². The van der Waals surface area contributed by atoms with Crippen LogP contribution in [0, 0.1) is 0 Å². The summed E-state index contributed by atoms with van der Waals surface area (Å²) < 4.78 is 10.4. The normalized spacial score (nSPS) is 11.2. The summed E-state index contributed by atoms with van der Waals surface area (Å²) in [5.74, 6) is -0.0477. The molecule has 0 aliphatic heterocycles. The summed E-state index contributed by atoms with van der Waals surface area (Å²) in [5, 5.41) is 0.639. The first-order chi connectivity index (χ1) is 7.74. The highest BCUT2D eigenvalue weighted by Crippen LogP contribution is 2.36. The molecular weight excluding hydrogens is 279 g/mol. The number of hydrogen-bond acceptors (Lipinski definition) is 3. The lowest BCUT2D eigenvalue weighted by atomic mass is 10.2. The Morgan fingerprint density at radius 3 is 2.00 bits per heavy atom. The van der Waals surface area contributed by atoms with Crippen molar-refractivity contribution in [1.29, 1.82) is 0 Å². The average molecular weight is 293 g/mol. The molecule has 0 atom stereocenters. The van der Waals surface area contributed by atoms with Crippen LogP contribution < -0.4 is 4.43 Å². The number of rotatable bonds is 3. The molecule has 1 rings (SSSR count). The Labute approximate surface area is 112 Å². The van der Waals surface area contributed by atoms with Gasteiger partial charge in [-0.3, -0.25) is 0 Å². The molecular formula is C11H14Cl2O3Si. The molecule has 0 saturated heterocycles. The maximum absolute atomic E-state index is 11.3. The van der Waals surface area contributed by atoms with Crippen LogP contribution in [0.4, 0.5) is 0 Å². The molecule has 0 aliphatic carbocycles. The number of esters is 1. The van der Waals surface area contributed by atoms with Gasteiger partial charge < -0.3 is 9.16 Å². The first kappa shape index (κ1) is 14.3. The fraction of sp³-hybridized carbons (Fsp3) is 0.364. The molecule has 0 spiro atoms. The SMILES string of the molecule is COC(=O)c1cc(Cl)c(O[Si](C)(C)C)c(Cl)c1. The molecule has 0 aliphatic rings. The fourth-order valence-electron chi connectivity index (χ4n) is 1.20. The van der Waals surface area contributed by atoms with Gasteiger partial charge in [0.1, 0.15) is 5.75 Å². The van der Waals surface area contributed by atoms with Crippen LogP contribution >= 0.6 is 23.2 Å². The van der Waals surface area contributed by atoms with Crippen LogP contribution in [-0.2, 0) is 4.74 Å². The lowest BCUT2D eigenvalue weighted by Gasteiger charge is -2.21. The molecule has 1 aromatic rings. The Morgan fingerprint density at radius 2 is 1.65 bits per heavy atom. The van der Waals surface area contributed by atoms with Crippen molar-refractivity contribution in [3.63, 3.8) is 0 Å². The van der Waals surface area contributed by atoms with Crippen molar-refractivity contribution < 1.29 is 14.0 Å².